The Balaban J connectivity index is 2.95. The molecule has 0 aromatic carbocycles. The molecule has 10 heavy (non-hydrogen) atoms. The summed E-state index contributed by atoms with van der Waals surface area (Å²) in [5, 5.41) is -3.23. The average Bonchev–Trinajstić information content (AvgIpc) is 1.95. The lowest BCUT2D eigenvalue weighted by Gasteiger charge is -2.08. The second kappa shape index (κ2) is 2.29. The molecule has 1 rings (SSSR count). The zero-order chi connectivity index (χ0) is 7.94. The molecule has 1 nitrogen and oxygen atoms in total. The van der Waals surface area contributed by atoms with E-state index in [0.717, 1.165) is 0 Å². The van der Waals surface area contributed by atoms with Crippen LogP contribution in [0, 0.1) is 0 Å². The van der Waals surface area contributed by atoms with Crippen molar-refractivity contribution in [1.29, 1.82) is 0 Å². The average molecular weight is 193 g/mol. The van der Waals surface area contributed by atoms with Gasteiger partial charge in [0.1, 0.15) is 0 Å². The SMILES string of the molecule is FC1=C(F)[C@@](F)(Cl)O[C@@H]1Cl. The molecular weight excluding hydrogens is 192 g/mol. The van der Waals surface area contributed by atoms with Crippen LogP contribution in [0.5, 0.6) is 0 Å². The minimum absolute atomic E-state index is 1.51. The maximum Gasteiger partial charge on any atom is 0.344 e. The number of hydrogen-bond acceptors (Lipinski definition) is 1. The minimum atomic E-state index is -3.23. The minimum Gasteiger partial charge on any atom is -0.302 e. The van der Waals surface area contributed by atoms with Gasteiger partial charge in [-0.25, -0.2) is 8.78 Å². The van der Waals surface area contributed by atoms with E-state index in [-0.39, 0.29) is 0 Å². The fourth-order valence-corrected chi connectivity index (χ4v) is 0.916. The Hall–Kier alpha value is 0.0700. The zero-order valence-electron chi connectivity index (χ0n) is 4.38. The second-order valence-corrected chi connectivity index (χ2v) is 2.50. The first-order valence-corrected chi connectivity index (χ1v) is 3.02. The highest BCUT2D eigenvalue weighted by atomic mass is 35.5. The van der Waals surface area contributed by atoms with Crippen molar-refractivity contribution in [3.8, 4) is 0 Å². The van der Waals surface area contributed by atoms with E-state index >= 15 is 0 Å². The normalized spacial score (nSPS) is 41.1. The summed E-state index contributed by atoms with van der Waals surface area (Å²) < 4.78 is 40.4. The van der Waals surface area contributed by atoms with Gasteiger partial charge in [-0.1, -0.05) is 11.6 Å². The second-order valence-electron chi connectivity index (χ2n) is 1.61. The summed E-state index contributed by atoms with van der Waals surface area (Å²) >= 11 is 9.58. The van der Waals surface area contributed by atoms with Gasteiger partial charge in [-0.3, -0.25) is 0 Å². The van der Waals surface area contributed by atoms with Crippen LogP contribution in [0.15, 0.2) is 11.7 Å². The molecule has 6 heteroatoms. The third kappa shape index (κ3) is 1.11. The molecule has 1 aliphatic heterocycles. The van der Waals surface area contributed by atoms with Crippen LogP contribution in [0.3, 0.4) is 0 Å². The quantitative estimate of drug-likeness (QED) is 0.537. The van der Waals surface area contributed by atoms with Crippen molar-refractivity contribution in [2.24, 2.45) is 0 Å². The molecular formula is C4HCl2F3O. The van der Waals surface area contributed by atoms with Gasteiger partial charge < -0.3 is 4.74 Å². The predicted octanol–water partition coefficient (Wildman–Crippen LogP) is 2.59. The molecule has 0 amide bonds. The summed E-state index contributed by atoms with van der Waals surface area (Å²) in [6.45, 7) is 0. The van der Waals surface area contributed by atoms with E-state index in [2.05, 4.69) is 16.3 Å². The molecule has 1 heterocycles. The Morgan fingerprint density at radius 2 is 2.00 bits per heavy atom. The fourth-order valence-electron chi connectivity index (χ4n) is 0.472. The highest BCUT2D eigenvalue weighted by Gasteiger charge is 2.48. The maximum absolute atomic E-state index is 12.3. The van der Waals surface area contributed by atoms with E-state index in [9.17, 15) is 13.2 Å². The molecule has 2 atom stereocenters. The Bertz CT molecular complexity index is 191. The van der Waals surface area contributed by atoms with Crippen LogP contribution < -0.4 is 0 Å². The monoisotopic (exact) mass is 192 g/mol. The topological polar surface area (TPSA) is 9.23 Å². The van der Waals surface area contributed by atoms with Gasteiger partial charge in [-0.15, -0.1) is 0 Å². The largest absolute Gasteiger partial charge is 0.344 e. The first-order chi connectivity index (χ1) is 4.45. The van der Waals surface area contributed by atoms with Crippen LogP contribution in [-0.4, -0.2) is 10.9 Å². The third-order valence-electron chi connectivity index (χ3n) is 0.916. The Labute approximate surface area is 64.4 Å². The molecule has 0 aliphatic carbocycles. The first kappa shape index (κ1) is 8.17. The van der Waals surface area contributed by atoms with Gasteiger partial charge in [0, 0.05) is 0 Å². The molecule has 0 N–H and O–H groups in total. The molecule has 0 spiro atoms. The van der Waals surface area contributed by atoms with E-state index in [4.69, 9.17) is 11.6 Å². The van der Waals surface area contributed by atoms with Gasteiger partial charge in [-0.2, -0.15) is 4.39 Å². The first-order valence-electron chi connectivity index (χ1n) is 2.20. The van der Waals surface area contributed by atoms with Gasteiger partial charge in [-0.05, 0) is 11.6 Å². The van der Waals surface area contributed by atoms with Gasteiger partial charge >= 0.3 is 5.31 Å². The van der Waals surface area contributed by atoms with Crippen molar-refractivity contribution in [3.63, 3.8) is 0 Å². The van der Waals surface area contributed by atoms with Crippen LogP contribution in [0.4, 0.5) is 13.2 Å². The summed E-state index contributed by atoms with van der Waals surface area (Å²) in [5.41, 5.74) is -1.76. The van der Waals surface area contributed by atoms with Crippen molar-refractivity contribution < 1.29 is 17.9 Å². The van der Waals surface area contributed by atoms with Crippen molar-refractivity contribution >= 4 is 23.2 Å². The fraction of sp³-hybridized carbons (Fsp3) is 0.500. The summed E-state index contributed by atoms with van der Waals surface area (Å²) in [6.07, 6.45) is 0. The van der Waals surface area contributed by atoms with Crippen LogP contribution in [0.2, 0.25) is 0 Å². The lowest BCUT2D eigenvalue weighted by molar-refractivity contribution is -0.0452. The van der Waals surface area contributed by atoms with Gasteiger partial charge in [0.15, 0.2) is 11.4 Å². The highest BCUT2D eigenvalue weighted by molar-refractivity contribution is 6.26. The molecule has 0 bridgehead atoms. The summed E-state index contributed by atoms with van der Waals surface area (Å²) in [4.78, 5) is 0. The van der Waals surface area contributed by atoms with Gasteiger partial charge in [0.25, 0.3) is 0 Å². The van der Waals surface area contributed by atoms with E-state index in [1.54, 1.807) is 0 Å². The van der Waals surface area contributed by atoms with Gasteiger partial charge in [0.2, 0.25) is 5.83 Å². The predicted molar refractivity (Wildman–Crippen MR) is 29.7 cm³/mol. The standard InChI is InChI=1S/C4HCl2F3O/c5-3-1(7)2(8)4(6,9)10-3/h3H/t3-,4-/m0/s1. The molecule has 0 radical (unpaired) electrons. The lowest BCUT2D eigenvalue weighted by Crippen LogP contribution is -2.15. The van der Waals surface area contributed by atoms with Crippen molar-refractivity contribution in [1.82, 2.24) is 0 Å². The zero-order valence-corrected chi connectivity index (χ0v) is 5.89. The Morgan fingerprint density at radius 1 is 1.50 bits per heavy atom. The maximum atomic E-state index is 12.3. The smallest absolute Gasteiger partial charge is 0.302 e. The lowest BCUT2D eigenvalue weighted by atomic mass is 10.5. The number of alkyl halides is 3. The molecule has 0 saturated heterocycles. The molecule has 0 fully saturated rings. The summed E-state index contributed by atoms with van der Waals surface area (Å²) in [7, 11) is 0. The van der Waals surface area contributed by atoms with Crippen molar-refractivity contribution in [2.45, 2.75) is 10.9 Å². The molecule has 0 saturated carbocycles. The van der Waals surface area contributed by atoms with Crippen LogP contribution in [-0.2, 0) is 4.74 Å². The molecule has 1 aliphatic rings. The Kier molecular flexibility index (Phi) is 1.87. The van der Waals surface area contributed by atoms with E-state index in [1.807, 2.05) is 0 Å². The van der Waals surface area contributed by atoms with Crippen molar-refractivity contribution in [2.75, 3.05) is 0 Å². The van der Waals surface area contributed by atoms with E-state index in [1.165, 1.54) is 0 Å². The number of halogens is 5. The van der Waals surface area contributed by atoms with E-state index < -0.39 is 22.5 Å². The number of ether oxygens (including phenoxy) is 1. The van der Waals surface area contributed by atoms with Crippen molar-refractivity contribution in [3.05, 3.63) is 11.7 Å². The molecule has 0 aromatic heterocycles. The number of rotatable bonds is 0. The van der Waals surface area contributed by atoms with E-state index in [0.29, 0.717) is 0 Å². The van der Waals surface area contributed by atoms with Crippen LogP contribution >= 0.6 is 23.2 Å². The van der Waals surface area contributed by atoms with Crippen LogP contribution in [0.25, 0.3) is 0 Å². The van der Waals surface area contributed by atoms with Crippen LogP contribution in [0.1, 0.15) is 0 Å². The Morgan fingerprint density at radius 3 is 2.10 bits per heavy atom. The van der Waals surface area contributed by atoms with Gasteiger partial charge in [0.05, 0.1) is 0 Å². The molecule has 0 aromatic rings. The summed E-state index contributed by atoms with van der Waals surface area (Å²) in [5.74, 6) is -3.33. The highest BCUT2D eigenvalue weighted by Crippen LogP contribution is 2.42. The summed E-state index contributed by atoms with van der Waals surface area (Å²) in [6, 6.07) is 0. The number of hydrogen-bond donors (Lipinski definition) is 0. The molecule has 58 valence electrons. The third-order valence-corrected chi connectivity index (χ3v) is 1.45. The molecule has 0 unspecified atom stereocenters.